The number of hydrogen-bond donors (Lipinski definition) is 2. The average Bonchev–Trinajstić information content (AvgIpc) is 3.15. The number of nitrogens with one attached hydrogen (secondary N) is 1. The van der Waals surface area contributed by atoms with Crippen LogP contribution in [0.4, 0.5) is 0 Å². The third-order valence-corrected chi connectivity index (χ3v) is 4.38. The van der Waals surface area contributed by atoms with Crippen molar-refractivity contribution in [2.75, 3.05) is 6.54 Å². The third kappa shape index (κ3) is 4.60. The Morgan fingerprint density at radius 2 is 2.07 bits per heavy atom. The van der Waals surface area contributed by atoms with Crippen LogP contribution in [-0.4, -0.2) is 32.1 Å². The monoisotopic (exact) mass is 364 g/mol. The van der Waals surface area contributed by atoms with Crippen LogP contribution < -0.4 is 5.32 Å². The Hall–Kier alpha value is -2.99. The summed E-state index contributed by atoms with van der Waals surface area (Å²) in [4.78, 5) is 21.2. The predicted molar refractivity (Wildman–Crippen MR) is 104 cm³/mol. The first-order valence-corrected chi connectivity index (χ1v) is 9.12. The van der Waals surface area contributed by atoms with Gasteiger partial charge in [-0.1, -0.05) is 25.1 Å². The molecule has 6 nitrogen and oxygen atoms in total. The van der Waals surface area contributed by atoms with Crippen molar-refractivity contribution >= 4 is 5.91 Å². The first-order chi connectivity index (χ1) is 13.1. The van der Waals surface area contributed by atoms with Gasteiger partial charge in [-0.3, -0.25) is 9.78 Å². The molecule has 0 fully saturated rings. The fourth-order valence-corrected chi connectivity index (χ4v) is 2.91. The van der Waals surface area contributed by atoms with Crippen molar-refractivity contribution in [3.05, 3.63) is 71.9 Å². The van der Waals surface area contributed by atoms with Crippen LogP contribution in [-0.2, 0) is 13.0 Å². The van der Waals surface area contributed by atoms with E-state index in [1.807, 2.05) is 41.1 Å². The maximum Gasteiger partial charge on any atom is 0.251 e. The van der Waals surface area contributed by atoms with Crippen LogP contribution in [0.3, 0.4) is 0 Å². The fraction of sp³-hybridized carbons (Fsp3) is 0.286. The normalized spacial score (nSPS) is 12.0. The van der Waals surface area contributed by atoms with E-state index in [0.29, 0.717) is 24.3 Å². The number of aromatic nitrogens is 3. The highest BCUT2D eigenvalue weighted by Gasteiger charge is 2.09. The molecular weight excluding hydrogens is 340 g/mol. The van der Waals surface area contributed by atoms with Crippen LogP contribution in [0, 0.1) is 0 Å². The van der Waals surface area contributed by atoms with E-state index in [1.165, 1.54) is 0 Å². The van der Waals surface area contributed by atoms with Crippen LogP contribution in [0.25, 0.3) is 11.3 Å². The molecule has 1 atom stereocenters. The minimum absolute atomic E-state index is 0.123. The first kappa shape index (κ1) is 18.8. The first-order valence-electron chi connectivity index (χ1n) is 9.12. The van der Waals surface area contributed by atoms with Crippen molar-refractivity contribution in [2.45, 2.75) is 32.9 Å². The zero-order valence-corrected chi connectivity index (χ0v) is 15.6. The Kier molecular flexibility index (Phi) is 5.98. The second-order valence-electron chi connectivity index (χ2n) is 6.35. The molecule has 27 heavy (non-hydrogen) atoms. The molecule has 0 radical (unpaired) electrons. The Bertz CT molecular complexity index is 918. The quantitative estimate of drug-likeness (QED) is 0.675. The highest BCUT2D eigenvalue weighted by Crippen LogP contribution is 2.20. The number of aryl methyl sites for hydroxylation is 1. The van der Waals surface area contributed by atoms with E-state index >= 15 is 0 Å². The number of benzene rings is 1. The van der Waals surface area contributed by atoms with Crippen LogP contribution >= 0.6 is 0 Å². The standard InChI is InChI=1S/C21H24N4O2/c1-3-20-22-10-12-25(20)13-11-23-21(27)17-7-4-6-16(14-17)19-9-5-8-18(24-19)15(2)26/h4-10,12,14-15,26H,3,11,13H2,1-2H3,(H,23,27)/t15-/m0/s1. The van der Waals surface area contributed by atoms with Gasteiger partial charge < -0.3 is 15.0 Å². The van der Waals surface area contributed by atoms with E-state index in [-0.39, 0.29) is 5.91 Å². The second-order valence-corrected chi connectivity index (χ2v) is 6.35. The summed E-state index contributed by atoms with van der Waals surface area (Å²) < 4.78 is 2.04. The van der Waals surface area contributed by atoms with Gasteiger partial charge in [-0.15, -0.1) is 0 Å². The Morgan fingerprint density at radius 3 is 2.85 bits per heavy atom. The number of amides is 1. The number of hydrogen-bond acceptors (Lipinski definition) is 4. The largest absolute Gasteiger partial charge is 0.387 e. The molecule has 3 aromatic rings. The number of carbonyl (C=O) groups is 1. The number of aliphatic hydroxyl groups is 1. The molecule has 0 saturated carbocycles. The molecule has 1 amide bonds. The molecule has 3 rings (SSSR count). The molecule has 2 heterocycles. The summed E-state index contributed by atoms with van der Waals surface area (Å²) in [7, 11) is 0. The van der Waals surface area contributed by atoms with Gasteiger partial charge >= 0.3 is 0 Å². The molecule has 140 valence electrons. The van der Waals surface area contributed by atoms with Crippen LogP contribution in [0.2, 0.25) is 0 Å². The SMILES string of the molecule is CCc1nccn1CCNC(=O)c1cccc(-c2cccc([C@H](C)O)n2)c1. The van der Waals surface area contributed by atoms with Crippen LogP contribution in [0.1, 0.15) is 41.8 Å². The Balaban J connectivity index is 1.68. The lowest BCUT2D eigenvalue weighted by Gasteiger charge is -2.10. The van der Waals surface area contributed by atoms with Crippen LogP contribution in [0.15, 0.2) is 54.9 Å². The third-order valence-electron chi connectivity index (χ3n) is 4.38. The smallest absolute Gasteiger partial charge is 0.251 e. The predicted octanol–water partition coefficient (Wildman–Crippen LogP) is 2.99. The van der Waals surface area contributed by atoms with Gasteiger partial charge in [0.05, 0.1) is 17.5 Å². The van der Waals surface area contributed by atoms with Gasteiger partial charge in [0.1, 0.15) is 5.82 Å². The lowest BCUT2D eigenvalue weighted by atomic mass is 10.1. The molecule has 0 spiro atoms. The van der Waals surface area contributed by atoms with Gasteiger partial charge in [-0.05, 0) is 31.2 Å². The van der Waals surface area contributed by atoms with Gasteiger partial charge in [0.25, 0.3) is 5.91 Å². The zero-order chi connectivity index (χ0) is 19.2. The summed E-state index contributed by atoms with van der Waals surface area (Å²) in [6.45, 7) is 4.96. The summed E-state index contributed by atoms with van der Waals surface area (Å²) in [5.41, 5.74) is 2.76. The maximum absolute atomic E-state index is 12.5. The van der Waals surface area contributed by atoms with Crippen molar-refractivity contribution < 1.29 is 9.90 Å². The minimum atomic E-state index is -0.632. The van der Waals surface area contributed by atoms with E-state index in [1.54, 1.807) is 25.3 Å². The van der Waals surface area contributed by atoms with Gasteiger partial charge in [-0.25, -0.2) is 4.98 Å². The number of imidazole rings is 1. The second kappa shape index (κ2) is 8.60. The molecule has 0 aliphatic rings. The molecule has 0 aliphatic heterocycles. The summed E-state index contributed by atoms with van der Waals surface area (Å²) in [6, 6.07) is 12.9. The van der Waals surface area contributed by atoms with Crippen LogP contribution in [0.5, 0.6) is 0 Å². The number of aliphatic hydroxyl groups excluding tert-OH is 1. The molecule has 0 saturated heterocycles. The molecule has 0 aliphatic carbocycles. The average molecular weight is 364 g/mol. The Morgan fingerprint density at radius 1 is 1.26 bits per heavy atom. The summed E-state index contributed by atoms with van der Waals surface area (Å²) >= 11 is 0. The number of rotatable bonds is 7. The highest BCUT2D eigenvalue weighted by molar-refractivity contribution is 5.95. The van der Waals surface area contributed by atoms with Crippen molar-refractivity contribution in [3.63, 3.8) is 0 Å². The van der Waals surface area contributed by atoms with E-state index in [9.17, 15) is 9.90 Å². The van der Waals surface area contributed by atoms with E-state index < -0.39 is 6.10 Å². The van der Waals surface area contributed by atoms with E-state index in [4.69, 9.17) is 0 Å². The lowest BCUT2D eigenvalue weighted by molar-refractivity contribution is 0.0952. The molecule has 6 heteroatoms. The van der Waals surface area contributed by atoms with Gasteiger partial charge in [0.15, 0.2) is 0 Å². The number of carbonyl (C=O) groups excluding carboxylic acids is 1. The maximum atomic E-state index is 12.5. The molecule has 0 bridgehead atoms. The van der Waals surface area contributed by atoms with Gasteiger partial charge in [0, 0.05) is 43.0 Å². The van der Waals surface area contributed by atoms with Crippen molar-refractivity contribution in [2.24, 2.45) is 0 Å². The molecular formula is C21H24N4O2. The minimum Gasteiger partial charge on any atom is -0.387 e. The van der Waals surface area contributed by atoms with Gasteiger partial charge in [-0.2, -0.15) is 0 Å². The fourth-order valence-electron chi connectivity index (χ4n) is 2.91. The zero-order valence-electron chi connectivity index (χ0n) is 15.6. The topological polar surface area (TPSA) is 80.0 Å². The summed E-state index contributed by atoms with van der Waals surface area (Å²) in [5.74, 6) is 0.886. The van der Waals surface area contributed by atoms with Crippen molar-refractivity contribution in [1.82, 2.24) is 19.9 Å². The lowest BCUT2D eigenvalue weighted by Crippen LogP contribution is -2.27. The molecule has 2 aromatic heterocycles. The van der Waals surface area contributed by atoms with E-state index in [2.05, 4.69) is 22.2 Å². The summed E-state index contributed by atoms with van der Waals surface area (Å²) in [6.07, 6.45) is 3.93. The van der Waals surface area contributed by atoms with Crippen molar-refractivity contribution in [3.8, 4) is 11.3 Å². The molecule has 2 N–H and O–H groups in total. The highest BCUT2D eigenvalue weighted by atomic mass is 16.3. The Labute approximate surface area is 158 Å². The molecule has 1 aromatic carbocycles. The number of pyridine rings is 1. The summed E-state index contributed by atoms with van der Waals surface area (Å²) in [5, 5.41) is 12.7. The molecule has 0 unspecified atom stereocenters. The van der Waals surface area contributed by atoms with Crippen molar-refractivity contribution in [1.29, 1.82) is 0 Å². The number of nitrogens with zero attached hydrogens (tertiary/aromatic N) is 3. The van der Waals surface area contributed by atoms with E-state index in [0.717, 1.165) is 23.5 Å². The van der Waals surface area contributed by atoms with Gasteiger partial charge in [0.2, 0.25) is 0 Å².